The first kappa shape index (κ1) is 14.7. The SMILES string of the molecule is CC1OCCC1CNc1ccc(C(=O)N(C)C)cc1N. The van der Waals surface area contributed by atoms with Gasteiger partial charge in [-0.1, -0.05) is 0 Å². The monoisotopic (exact) mass is 277 g/mol. The Morgan fingerprint density at radius 2 is 2.25 bits per heavy atom. The molecule has 2 unspecified atom stereocenters. The lowest BCUT2D eigenvalue weighted by atomic mass is 10.0. The summed E-state index contributed by atoms with van der Waals surface area (Å²) in [6.07, 6.45) is 1.36. The predicted molar refractivity (Wildman–Crippen MR) is 80.9 cm³/mol. The number of amides is 1. The van der Waals surface area contributed by atoms with Gasteiger partial charge in [0.1, 0.15) is 0 Å². The highest BCUT2D eigenvalue weighted by Crippen LogP contribution is 2.24. The number of ether oxygens (including phenoxy) is 1. The molecule has 0 bridgehead atoms. The first-order valence-corrected chi connectivity index (χ1v) is 6.95. The summed E-state index contributed by atoms with van der Waals surface area (Å²) >= 11 is 0. The maximum atomic E-state index is 11.9. The maximum absolute atomic E-state index is 11.9. The standard InChI is InChI=1S/C15H23N3O2/c1-10-12(6-7-20-10)9-17-14-5-4-11(8-13(14)16)15(19)18(2)3/h4-5,8,10,12,17H,6-7,9,16H2,1-3H3. The second-order valence-corrected chi connectivity index (χ2v) is 5.51. The minimum absolute atomic E-state index is 0.0407. The number of hydrogen-bond donors (Lipinski definition) is 2. The van der Waals surface area contributed by atoms with Crippen molar-refractivity contribution in [3.63, 3.8) is 0 Å². The van der Waals surface area contributed by atoms with Crippen molar-refractivity contribution in [2.45, 2.75) is 19.4 Å². The van der Waals surface area contributed by atoms with Gasteiger partial charge in [-0.25, -0.2) is 0 Å². The number of nitrogens with zero attached hydrogens (tertiary/aromatic N) is 1. The van der Waals surface area contributed by atoms with Gasteiger partial charge in [-0.2, -0.15) is 0 Å². The lowest BCUT2D eigenvalue weighted by molar-refractivity contribution is 0.0827. The van der Waals surface area contributed by atoms with Gasteiger partial charge < -0.3 is 20.7 Å². The van der Waals surface area contributed by atoms with E-state index in [0.29, 0.717) is 23.3 Å². The predicted octanol–water partition coefficient (Wildman–Crippen LogP) is 1.81. The van der Waals surface area contributed by atoms with Crippen molar-refractivity contribution in [2.75, 3.05) is 38.3 Å². The number of carbonyl (C=O) groups is 1. The molecule has 1 aromatic carbocycles. The summed E-state index contributed by atoms with van der Waals surface area (Å²) in [6, 6.07) is 5.39. The van der Waals surface area contributed by atoms with Crippen molar-refractivity contribution in [1.29, 1.82) is 0 Å². The van der Waals surface area contributed by atoms with Gasteiger partial charge in [-0.15, -0.1) is 0 Å². The number of nitrogens with two attached hydrogens (primary N) is 1. The van der Waals surface area contributed by atoms with Crippen molar-refractivity contribution in [3.8, 4) is 0 Å². The molecule has 1 aliphatic rings. The Labute approximate surface area is 120 Å². The Morgan fingerprint density at radius 1 is 1.50 bits per heavy atom. The number of nitrogens with one attached hydrogen (secondary N) is 1. The summed E-state index contributed by atoms with van der Waals surface area (Å²) in [6.45, 7) is 3.77. The summed E-state index contributed by atoms with van der Waals surface area (Å²) in [5, 5.41) is 3.35. The molecule has 0 saturated carbocycles. The Hall–Kier alpha value is -1.75. The highest BCUT2D eigenvalue weighted by Gasteiger charge is 2.23. The van der Waals surface area contributed by atoms with Crippen molar-refractivity contribution in [2.24, 2.45) is 5.92 Å². The molecule has 1 aliphatic heterocycles. The van der Waals surface area contributed by atoms with Crippen LogP contribution in [0.3, 0.4) is 0 Å². The molecule has 0 radical (unpaired) electrons. The van der Waals surface area contributed by atoms with E-state index in [-0.39, 0.29) is 5.91 Å². The van der Waals surface area contributed by atoms with Crippen LogP contribution in [0.15, 0.2) is 18.2 Å². The van der Waals surface area contributed by atoms with E-state index in [4.69, 9.17) is 10.5 Å². The van der Waals surface area contributed by atoms with Gasteiger partial charge in [0.2, 0.25) is 0 Å². The normalized spacial score (nSPS) is 21.8. The molecule has 1 heterocycles. The zero-order chi connectivity index (χ0) is 14.7. The minimum atomic E-state index is -0.0407. The molecule has 0 aliphatic carbocycles. The lowest BCUT2D eigenvalue weighted by Gasteiger charge is -2.17. The molecule has 5 nitrogen and oxygen atoms in total. The second kappa shape index (κ2) is 6.13. The van der Waals surface area contributed by atoms with E-state index in [1.807, 2.05) is 6.07 Å². The fourth-order valence-electron chi connectivity index (χ4n) is 2.40. The molecule has 0 spiro atoms. The molecule has 2 rings (SSSR count). The van der Waals surface area contributed by atoms with E-state index in [0.717, 1.165) is 25.3 Å². The number of hydrogen-bond acceptors (Lipinski definition) is 4. The zero-order valence-electron chi connectivity index (χ0n) is 12.3. The lowest BCUT2D eigenvalue weighted by Crippen LogP contribution is -2.22. The van der Waals surface area contributed by atoms with Crippen LogP contribution in [0.2, 0.25) is 0 Å². The smallest absolute Gasteiger partial charge is 0.253 e. The van der Waals surface area contributed by atoms with Gasteiger partial charge in [0, 0.05) is 38.7 Å². The molecule has 1 saturated heterocycles. The van der Waals surface area contributed by atoms with Crippen LogP contribution in [0.4, 0.5) is 11.4 Å². The molecular weight excluding hydrogens is 254 g/mol. The summed E-state index contributed by atoms with van der Waals surface area (Å²) < 4.78 is 5.54. The highest BCUT2D eigenvalue weighted by atomic mass is 16.5. The molecule has 1 fully saturated rings. The number of benzene rings is 1. The van der Waals surface area contributed by atoms with Crippen molar-refractivity contribution >= 4 is 17.3 Å². The van der Waals surface area contributed by atoms with Crippen molar-refractivity contribution in [1.82, 2.24) is 4.90 Å². The van der Waals surface area contributed by atoms with E-state index < -0.39 is 0 Å². The topological polar surface area (TPSA) is 67.6 Å². The fraction of sp³-hybridized carbons (Fsp3) is 0.533. The van der Waals surface area contributed by atoms with Gasteiger partial charge >= 0.3 is 0 Å². The van der Waals surface area contributed by atoms with E-state index in [1.54, 1.807) is 31.1 Å². The minimum Gasteiger partial charge on any atom is -0.397 e. The average Bonchev–Trinajstić information content (AvgIpc) is 2.82. The quantitative estimate of drug-likeness (QED) is 0.824. The first-order valence-electron chi connectivity index (χ1n) is 6.95. The van der Waals surface area contributed by atoms with Gasteiger partial charge in [0.15, 0.2) is 0 Å². The summed E-state index contributed by atoms with van der Waals surface area (Å²) in [5.74, 6) is 0.471. The summed E-state index contributed by atoms with van der Waals surface area (Å²) in [7, 11) is 3.46. The van der Waals surface area contributed by atoms with Crippen LogP contribution in [-0.2, 0) is 4.74 Å². The molecule has 110 valence electrons. The molecule has 1 amide bonds. The summed E-state index contributed by atoms with van der Waals surface area (Å²) in [5.41, 5.74) is 8.10. The second-order valence-electron chi connectivity index (χ2n) is 5.51. The average molecular weight is 277 g/mol. The van der Waals surface area contributed by atoms with Crippen LogP contribution >= 0.6 is 0 Å². The Kier molecular flexibility index (Phi) is 4.49. The third kappa shape index (κ3) is 3.22. The third-order valence-electron chi connectivity index (χ3n) is 3.79. The van der Waals surface area contributed by atoms with Crippen LogP contribution in [0.1, 0.15) is 23.7 Å². The Bertz CT molecular complexity index is 488. The largest absolute Gasteiger partial charge is 0.397 e. The molecular formula is C15H23N3O2. The van der Waals surface area contributed by atoms with Gasteiger partial charge in [-0.05, 0) is 31.5 Å². The highest BCUT2D eigenvalue weighted by molar-refractivity contribution is 5.95. The third-order valence-corrected chi connectivity index (χ3v) is 3.79. The van der Waals surface area contributed by atoms with E-state index in [1.165, 1.54) is 0 Å². The van der Waals surface area contributed by atoms with Crippen molar-refractivity contribution < 1.29 is 9.53 Å². The molecule has 2 atom stereocenters. The van der Waals surface area contributed by atoms with E-state index in [2.05, 4.69) is 12.2 Å². The van der Waals surface area contributed by atoms with Gasteiger partial charge in [-0.3, -0.25) is 4.79 Å². The maximum Gasteiger partial charge on any atom is 0.253 e. The first-order chi connectivity index (χ1) is 9.49. The van der Waals surface area contributed by atoms with E-state index >= 15 is 0 Å². The number of rotatable bonds is 4. The molecule has 0 aromatic heterocycles. The Balaban J connectivity index is 2.01. The number of nitrogen functional groups attached to an aromatic ring is 1. The van der Waals surface area contributed by atoms with Crippen LogP contribution in [-0.4, -0.2) is 44.2 Å². The van der Waals surface area contributed by atoms with Crippen LogP contribution in [0.5, 0.6) is 0 Å². The Morgan fingerprint density at radius 3 is 2.80 bits per heavy atom. The summed E-state index contributed by atoms with van der Waals surface area (Å²) in [4.78, 5) is 13.4. The molecule has 1 aromatic rings. The van der Waals surface area contributed by atoms with E-state index in [9.17, 15) is 4.79 Å². The number of anilines is 2. The van der Waals surface area contributed by atoms with Crippen LogP contribution < -0.4 is 11.1 Å². The molecule has 5 heteroatoms. The number of carbonyl (C=O) groups excluding carboxylic acids is 1. The van der Waals surface area contributed by atoms with Crippen LogP contribution in [0, 0.1) is 5.92 Å². The van der Waals surface area contributed by atoms with Crippen molar-refractivity contribution in [3.05, 3.63) is 23.8 Å². The van der Waals surface area contributed by atoms with Crippen LogP contribution in [0.25, 0.3) is 0 Å². The zero-order valence-corrected chi connectivity index (χ0v) is 12.3. The molecule has 20 heavy (non-hydrogen) atoms. The van der Waals surface area contributed by atoms with Gasteiger partial charge in [0.05, 0.1) is 17.5 Å². The molecule has 3 N–H and O–H groups in total. The fourth-order valence-corrected chi connectivity index (χ4v) is 2.40. The van der Waals surface area contributed by atoms with Gasteiger partial charge in [0.25, 0.3) is 5.91 Å².